The first-order valence-corrected chi connectivity index (χ1v) is 22.8. The number of hydrogen-bond donors (Lipinski definition) is 0. The molecule has 0 saturated carbocycles. The zero-order chi connectivity index (χ0) is 43.4. The molecule has 13 rings (SSSR count). The summed E-state index contributed by atoms with van der Waals surface area (Å²) in [5.41, 5.74) is 20.7. The lowest BCUT2D eigenvalue weighted by atomic mass is 9.70. The molecule has 0 amide bonds. The Labute approximate surface area is 380 Å². The van der Waals surface area contributed by atoms with Gasteiger partial charge in [0.15, 0.2) is 0 Å². The van der Waals surface area contributed by atoms with Crippen LogP contribution >= 0.6 is 0 Å². The summed E-state index contributed by atoms with van der Waals surface area (Å²) in [7, 11) is 0. The predicted octanol–water partition coefficient (Wildman–Crippen LogP) is 16.8. The van der Waals surface area contributed by atoms with E-state index in [-0.39, 0.29) is 5.54 Å². The summed E-state index contributed by atoms with van der Waals surface area (Å²) in [6.45, 7) is 6.90. The van der Waals surface area contributed by atoms with Gasteiger partial charge in [-0.25, -0.2) is 0 Å². The van der Waals surface area contributed by atoms with Gasteiger partial charge in [-0.2, -0.15) is 0 Å². The number of benzene rings is 10. The van der Waals surface area contributed by atoms with Crippen molar-refractivity contribution < 1.29 is 0 Å². The summed E-state index contributed by atoms with van der Waals surface area (Å²) < 4.78 is 2.50. The van der Waals surface area contributed by atoms with Crippen LogP contribution < -0.4 is 4.90 Å². The fourth-order valence-electron chi connectivity index (χ4n) is 11.7. The van der Waals surface area contributed by atoms with Crippen LogP contribution in [-0.4, -0.2) is 4.57 Å². The molecule has 11 aromatic rings. The van der Waals surface area contributed by atoms with Gasteiger partial charge in [-0.1, -0.05) is 182 Å². The van der Waals surface area contributed by atoms with Gasteiger partial charge in [0.2, 0.25) is 0 Å². The van der Waals surface area contributed by atoms with E-state index in [4.69, 9.17) is 0 Å². The molecule has 2 nitrogen and oxygen atoms in total. The highest BCUT2D eigenvalue weighted by Crippen LogP contribution is 2.63. The van der Waals surface area contributed by atoms with Crippen LogP contribution in [0.5, 0.6) is 0 Å². The second kappa shape index (κ2) is 14.0. The van der Waals surface area contributed by atoms with Crippen molar-refractivity contribution in [2.75, 3.05) is 4.90 Å². The van der Waals surface area contributed by atoms with Gasteiger partial charge >= 0.3 is 0 Å². The molecule has 2 heteroatoms. The smallest absolute Gasteiger partial charge is 0.0726 e. The fourth-order valence-corrected chi connectivity index (χ4v) is 11.7. The molecule has 0 fully saturated rings. The average molecular weight is 831 g/mol. The molecule has 1 spiro atoms. The van der Waals surface area contributed by atoms with Crippen molar-refractivity contribution in [1.29, 1.82) is 0 Å². The molecule has 308 valence electrons. The Balaban J connectivity index is 1.04. The number of aromatic nitrogens is 1. The molecule has 10 aromatic carbocycles. The lowest BCUT2D eigenvalue weighted by molar-refractivity contribution is 0.423. The lowest BCUT2D eigenvalue weighted by Gasteiger charge is -2.33. The zero-order valence-corrected chi connectivity index (χ0v) is 36.8. The first-order valence-electron chi connectivity index (χ1n) is 22.8. The minimum atomic E-state index is -0.454. The van der Waals surface area contributed by atoms with E-state index in [2.05, 4.69) is 255 Å². The summed E-state index contributed by atoms with van der Waals surface area (Å²) in [5.74, 6) is 0. The van der Waals surface area contributed by atoms with E-state index in [9.17, 15) is 0 Å². The van der Waals surface area contributed by atoms with E-state index in [1.165, 1.54) is 99.3 Å². The monoisotopic (exact) mass is 830 g/mol. The second-order valence-corrected chi connectivity index (χ2v) is 18.8. The first-order chi connectivity index (χ1) is 31.9. The maximum Gasteiger partial charge on any atom is 0.0726 e. The van der Waals surface area contributed by atoms with Crippen molar-refractivity contribution >= 4 is 49.6 Å². The minimum Gasteiger partial charge on any atom is -0.335 e. The van der Waals surface area contributed by atoms with Gasteiger partial charge < -0.3 is 9.47 Å². The number of para-hydroxylation sites is 1. The van der Waals surface area contributed by atoms with Crippen molar-refractivity contribution in [2.45, 2.75) is 31.7 Å². The minimum absolute atomic E-state index is 0.0842. The Hall–Kier alpha value is -7.94. The molecule has 1 heterocycles. The van der Waals surface area contributed by atoms with Gasteiger partial charge in [0.1, 0.15) is 0 Å². The molecule has 2 aliphatic carbocycles. The quantitative estimate of drug-likeness (QED) is 0.168. The van der Waals surface area contributed by atoms with Crippen molar-refractivity contribution in [3.05, 3.63) is 247 Å². The van der Waals surface area contributed by atoms with E-state index in [1.54, 1.807) is 0 Å². The van der Waals surface area contributed by atoms with Gasteiger partial charge in [0.25, 0.3) is 0 Å². The Kier molecular flexibility index (Phi) is 8.12. The third-order valence-electron chi connectivity index (χ3n) is 14.3. The number of anilines is 3. The Bertz CT molecular complexity index is 3630. The number of fused-ring (bicyclic) bond motifs is 14. The van der Waals surface area contributed by atoms with Crippen molar-refractivity contribution in [1.82, 2.24) is 4.57 Å². The third-order valence-corrected chi connectivity index (χ3v) is 14.3. The molecule has 0 saturated heterocycles. The average Bonchev–Trinajstić information content (AvgIpc) is 3.96. The zero-order valence-electron chi connectivity index (χ0n) is 36.8. The summed E-state index contributed by atoms with van der Waals surface area (Å²) in [6.07, 6.45) is 0. The van der Waals surface area contributed by atoms with Crippen LogP contribution in [0.25, 0.3) is 77.1 Å². The van der Waals surface area contributed by atoms with Crippen LogP contribution in [0.1, 0.15) is 43.0 Å². The molecule has 0 bridgehead atoms. The van der Waals surface area contributed by atoms with Crippen LogP contribution in [0.15, 0.2) is 224 Å². The summed E-state index contributed by atoms with van der Waals surface area (Å²) in [5, 5.41) is 5.03. The number of hydrogen-bond acceptors (Lipinski definition) is 1. The van der Waals surface area contributed by atoms with Crippen LogP contribution in [0.4, 0.5) is 17.1 Å². The van der Waals surface area contributed by atoms with E-state index in [0.717, 1.165) is 17.1 Å². The normalized spacial score (nSPS) is 13.3. The first kappa shape index (κ1) is 37.6. The number of nitrogens with zero attached hydrogens (tertiary/aromatic N) is 2. The molecule has 1 aromatic heterocycles. The lowest BCUT2D eigenvalue weighted by Crippen LogP contribution is -2.26. The van der Waals surface area contributed by atoms with Gasteiger partial charge in [-0.3, -0.25) is 0 Å². The fraction of sp³-hybridized carbons (Fsp3) is 0.0794. The van der Waals surface area contributed by atoms with Crippen molar-refractivity contribution in [3.63, 3.8) is 0 Å². The Morgan fingerprint density at radius 2 is 0.908 bits per heavy atom. The van der Waals surface area contributed by atoms with E-state index in [0.29, 0.717) is 0 Å². The molecule has 0 radical (unpaired) electrons. The van der Waals surface area contributed by atoms with Crippen LogP contribution in [-0.2, 0) is 11.0 Å². The molecule has 0 atom stereocenters. The van der Waals surface area contributed by atoms with Crippen molar-refractivity contribution in [3.8, 4) is 44.5 Å². The largest absolute Gasteiger partial charge is 0.335 e. The SMILES string of the molecule is CC(C)(C)n1c2ccccc2c2ccc(-c3ccc(N(c4ccc5c(c4)C4(c6ccccc6-c6ccccc64)c4ccccc4-5)c4ccc5ccccc5c4-c4ccccc4)cc3)cc21. The highest BCUT2D eigenvalue weighted by Gasteiger charge is 2.51. The van der Waals surface area contributed by atoms with Crippen molar-refractivity contribution in [2.24, 2.45) is 0 Å². The van der Waals surface area contributed by atoms with E-state index < -0.39 is 5.41 Å². The molecule has 0 N–H and O–H groups in total. The molecule has 65 heavy (non-hydrogen) atoms. The third kappa shape index (κ3) is 5.41. The second-order valence-electron chi connectivity index (χ2n) is 18.8. The molecule has 2 aliphatic rings. The van der Waals surface area contributed by atoms with Gasteiger partial charge in [0, 0.05) is 38.8 Å². The molecular formula is C63H46N2. The highest BCUT2D eigenvalue weighted by molar-refractivity contribution is 6.10. The van der Waals surface area contributed by atoms with Crippen LogP contribution in [0.3, 0.4) is 0 Å². The highest BCUT2D eigenvalue weighted by atomic mass is 15.1. The maximum absolute atomic E-state index is 2.51. The van der Waals surface area contributed by atoms with E-state index in [1.807, 2.05) is 0 Å². The molecule has 0 unspecified atom stereocenters. The van der Waals surface area contributed by atoms with Gasteiger partial charge in [0.05, 0.1) is 16.6 Å². The Morgan fingerprint density at radius 1 is 0.369 bits per heavy atom. The van der Waals surface area contributed by atoms with Crippen LogP contribution in [0, 0.1) is 0 Å². The van der Waals surface area contributed by atoms with Gasteiger partial charge in [-0.05, 0) is 135 Å². The maximum atomic E-state index is 2.51. The molecular weight excluding hydrogens is 785 g/mol. The van der Waals surface area contributed by atoms with E-state index >= 15 is 0 Å². The topological polar surface area (TPSA) is 8.17 Å². The Morgan fingerprint density at radius 3 is 1.58 bits per heavy atom. The number of rotatable bonds is 5. The standard InChI is InChI=1S/C63H46N2/c1-62(2,3)65-58-28-16-12-24-52(58)53-36-31-44(39-60(53)65)41-29-33-45(34-30-41)64(59-38-32-42-17-7-8-20-47(42)61(59)43-18-5-4-6-19-43)46-35-37-51-50-23-11-15-27-56(50)63(57(51)40-46)54-25-13-9-21-48(54)49-22-10-14-26-55(49)63/h4-40H,1-3H3. The predicted molar refractivity (Wildman–Crippen MR) is 274 cm³/mol. The summed E-state index contributed by atoms with van der Waals surface area (Å²) in [6, 6.07) is 83.9. The molecule has 0 aliphatic heterocycles. The summed E-state index contributed by atoms with van der Waals surface area (Å²) >= 11 is 0. The van der Waals surface area contributed by atoms with Gasteiger partial charge in [-0.15, -0.1) is 0 Å². The van der Waals surface area contributed by atoms with Crippen LogP contribution in [0.2, 0.25) is 0 Å². The summed E-state index contributed by atoms with van der Waals surface area (Å²) in [4.78, 5) is 2.50.